The van der Waals surface area contributed by atoms with Crippen LogP contribution in [-0.2, 0) is 17.6 Å². The van der Waals surface area contributed by atoms with Crippen LogP contribution in [0, 0.1) is 0 Å². The van der Waals surface area contributed by atoms with Crippen LogP contribution in [0.5, 0.6) is 0 Å². The number of nitrogens with two attached hydrogens (primary N) is 1. The third-order valence-corrected chi connectivity index (χ3v) is 2.26. The van der Waals surface area contributed by atoms with E-state index in [1.165, 1.54) is 5.56 Å². The van der Waals surface area contributed by atoms with Crippen LogP contribution in [0.25, 0.3) is 0 Å². The molecule has 1 aromatic carbocycles. The van der Waals surface area contributed by atoms with Crippen LogP contribution in [0.3, 0.4) is 0 Å². The molecule has 0 unspecified atom stereocenters. The van der Waals surface area contributed by atoms with Crippen molar-refractivity contribution in [1.29, 1.82) is 0 Å². The van der Waals surface area contributed by atoms with Gasteiger partial charge in [-0.3, -0.25) is 4.79 Å². The molecular formula is C10H12BrNO. The molecular weight excluding hydrogens is 230 g/mol. The van der Waals surface area contributed by atoms with E-state index in [2.05, 4.69) is 22.9 Å². The lowest BCUT2D eigenvalue weighted by Crippen LogP contribution is -2.13. The minimum Gasteiger partial charge on any atom is -0.369 e. The topological polar surface area (TPSA) is 43.1 Å². The second-order valence-electron chi connectivity index (χ2n) is 2.96. The Morgan fingerprint density at radius 2 is 2.00 bits per heavy atom. The Morgan fingerprint density at radius 3 is 2.54 bits per heavy atom. The van der Waals surface area contributed by atoms with Crippen molar-refractivity contribution in [1.82, 2.24) is 0 Å². The first kappa shape index (κ1) is 10.3. The van der Waals surface area contributed by atoms with Crippen molar-refractivity contribution in [2.75, 3.05) is 0 Å². The smallest absolute Gasteiger partial charge is 0.221 e. The SMILES string of the molecule is CCc1cc(Br)cc(CC(N)=O)c1. The zero-order chi connectivity index (χ0) is 9.84. The van der Waals surface area contributed by atoms with Crippen LogP contribution in [0.4, 0.5) is 0 Å². The van der Waals surface area contributed by atoms with Gasteiger partial charge in [-0.2, -0.15) is 0 Å². The molecule has 3 heteroatoms. The predicted molar refractivity (Wildman–Crippen MR) is 56.4 cm³/mol. The second kappa shape index (κ2) is 4.42. The van der Waals surface area contributed by atoms with Crippen LogP contribution in [0.2, 0.25) is 0 Å². The monoisotopic (exact) mass is 241 g/mol. The maximum Gasteiger partial charge on any atom is 0.221 e. The number of halogens is 1. The summed E-state index contributed by atoms with van der Waals surface area (Å²) in [5, 5.41) is 0. The fourth-order valence-electron chi connectivity index (χ4n) is 1.22. The molecule has 0 spiro atoms. The molecule has 0 aliphatic carbocycles. The van der Waals surface area contributed by atoms with E-state index in [9.17, 15) is 4.79 Å². The summed E-state index contributed by atoms with van der Waals surface area (Å²) in [6, 6.07) is 5.98. The van der Waals surface area contributed by atoms with Crippen LogP contribution in [0.15, 0.2) is 22.7 Å². The van der Waals surface area contributed by atoms with Gasteiger partial charge in [-0.25, -0.2) is 0 Å². The summed E-state index contributed by atoms with van der Waals surface area (Å²) >= 11 is 3.39. The van der Waals surface area contributed by atoms with Gasteiger partial charge in [-0.1, -0.05) is 28.9 Å². The molecule has 0 aliphatic heterocycles. The van der Waals surface area contributed by atoms with Gasteiger partial charge in [-0.15, -0.1) is 0 Å². The molecule has 2 N–H and O–H groups in total. The van der Waals surface area contributed by atoms with Gasteiger partial charge in [0, 0.05) is 4.47 Å². The van der Waals surface area contributed by atoms with Gasteiger partial charge >= 0.3 is 0 Å². The Morgan fingerprint density at radius 1 is 1.38 bits per heavy atom. The van der Waals surface area contributed by atoms with Crippen molar-refractivity contribution in [3.63, 3.8) is 0 Å². The lowest BCUT2D eigenvalue weighted by Gasteiger charge is -2.02. The average molecular weight is 242 g/mol. The number of carbonyl (C=O) groups is 1. The molecule has 1 rings (SSSR count). The molecule has 0 saturated carbocycles. The summed E-state index contributed by atoms with van der Waals surface area (Å²) in [7, 11) is 0. The number of primary amides is 1. The quantitative estimate of drug-likeness (QED) is 0.865. The summed E-state index contributed by atoms with van der Waals surface area (Å²) in [6.07, 6.45) is 1.28. The largest absolute Gasteiger partial charge is 0.369 e. The Kier molecular flexibility index (Phi) is 3.48. The summed E-state index contributed by atoms with van der Waals surface area (Å²) in [5.41, 5.74) is 7.30. The van der Waals surface area contributed by atoms with Crippen molar-refractivity contribution in [3.8, 4) is 0 Å². The predicted octanol–water partition coefficient (Wildman–Crippen LogP) is 2.04. The average Bonchev–Trinajstić information content (AvgIpc) is 2.01. The zero-order valence-electron chi connectivity index (χ0n) is 7.51. The van der Waals surface area contributed by atoms with Crippen molar-refractivity contribution in [2.24, 2.45) is 5.73 Å². The molecule has 0 heterocycles. The second-order valence-corrected chi connectivity index (χ2v) is 3.88. The lowest BCUT2D eigenvalue weighted by atomic mass is 10.1. The van der Waals surface area contributed by atoms with Crippen molar-refractivity contribution < 1.29 is 4.79 Å². The number of amides is 1. The first-order valence-electron chi connectivity index (χ1n) is 4.18. The first-order valence-corrected chi connectivity index (χ1v) is 4.97. The molecule has 0 fully saturated rings. The molecule has 70 valence electrons. The van der Waals surface area contributed by atoms with Crippen molar-refractivity contribution in [2.45, 2.75) is 19.8 Å². The van der Waals surface area contributed by atoms with Gasteiger partial charge in [0.2, 0.25) is 5.91 Å². The summed E-state index contributed by atoms with van der Waals surface area (Å²) in [4.78, 5) is 10.7. The minimum atomic E-state index is -0.292. The molecule has 0 atom stereocenters. The van der Waals surface area contributed by atoms with Gasteiger partial charge in [0.25, 0.3) is 0 Å². The molecule has 2 nitrogen and oxygen atoms in total. The van der Waals surface area contributed by atoms with Gasteiger partial charge in [0.15, 0.2) is 0 Å². The van der Waals surface area contributed by atoms with E-state index in [-0.39, 0.29) is 5.91 Å². The number of rotatable bonds is 3. The van der Waals surface area contributed by atoms with E-state index in [1.54, 1.807) is 0 Å². The standard InChI is InChI=1S/C10H12BrNO/c1-2-7-3-8(6-10(12)13)5-9(11)4-7/h3-5H,2,6H2,1H3,(H2,12,13). The van der Waals surface area contributed by atoms with Crippen molar-refractivity contribution >= 4 is 21.8 Å². The molecule has 1 aromatic rings. The van der Waals surface area contributed by atoms with Crippen LogP contribution < -0.4 is 5.73 Å². The van der Waals surface area contributed by atoms with E-state index in [0.29, 0.717) is 6.42 Å². The third-order valence-electron chi connectivity index (χ3n) is 1.80. The summed E-state index contributed by atoms with van der Waals surface area (Å²) in [5.74, 6) is -0.292. The molecule has 0 bridgehead atoms. The molecule has 13 heavy (non-hydrogen) atoms. The van der Waals surface area contributed by atoms with Gasteiger partial charge in [0.1, 0.15) is 0 Å². The van der Waals surface area contributed by atoms with Gasteiger partial charge in [0.05, 0.1) is 6.42 Å². The highest BCUT2D eigenvalue weighted by Crippen LogP contribution is 2.16. The van der Waals surface area contributed by atoms with Gasteiger partial charge < -0.3 is 5.73 Å². The summed E-state index contributed by atoms with van der Waals surface area (Å²) in [6.45, 7) is 2.08. The minimum absolute atomic E-state index is 0.292. The summed E-state index contributed by atoms with van der Waals surface area (Å²) < 4.78 is 1.00. The maximum atomic E-state index is 10.7. The highest BCUT2D eigenvalue weighted by Gasteiger charge is 2.01. The third kappa shape index (κ3) is 3.19. The maximum absolute atomic E-state index is 10.7. The fraction of sp³-hybridized carbons (Fsp3) is 0.300. The Bertz CT molecular complexity index is 323. The number of carbonyl (C=O) groups excluding carboxylic acids is 1. The van der Waals surface area contributed by atoms with E-state index in [4.69, 9.17) is 5.73 Å². The number of hydrogen-bond acceptors (Lipinski definition) is 1. The molecule has 1 amide bonds. The number of hydrogen-bond donors (Lipinski definition) is 1. The van der Waals surface area contributed by atoms with Crippen LogP contribution in [-0.4, -0.2) is 5.91 Å². The Hall–Kier alpha value is -0.830. The van der Waals surface area contributed by atoms with E-state index < -0.39 is 0 Å². The van der Waals surface area contributed by atoms with Crippen LogP contribution in [0.1, 0.15) is 18.1 Å². The highest BCUT2D eigenvalue weighted by atomic mass is 79.9. The van der Waals surface area contributed by atoms with Crippen molar-refractivity contribution in [3.05, 3.63) is 33.8 Å². The van der Waals surface area contributed by atoms with Crippen LogP contribution >= 0.6 is 15.9 Å². The van der Waals surface area contributed by atoms with E-state index >= 15 is 0 Å². The van der Waals surface area contributed by atoms with E-state index in [0.717, 1.165) is 16.5 Å². The number of benzene rings is 1. The van der Waals surface area contributed by atoms with E-state index in [1.807, 2.05) is 18.2 Å². The molecule has 0 saturated heterocycles. The lowest BCUT2D eigenvalue weighted by molar-refractivity contribution is -0.117. The molecule has 0 radical (unpaired) electrons. The zero-order valence-corrected chi connectivity index (χ0v) is 9.10. The normalized spacial score (nSPS) is 10.0. The fourth-order valence-corrected chi connectivity index (χ4v) is 1.81. The number of aryl methyl sites for hydroxylation is 1. The molecule has 0 aromatic heterocycles. The molecule has 0 aliphatic rings. The highest BCUT2D eigenvalue weighted by molar-refractivity contribution is 9.10. The Balaban J connectivity index is 2.94. The van der Waals surface area contributed by atoms with Gasteiger partial charge in [-0.05, 0) is 29.7 Å². The first-order chi connectivity index (χ1) is 6.11. The Labute approximate surface area is 86.3 Å².